The van der Waals surface area contributed by atoms with E-state index in [0.29, 0.717) is 16.7 Å². The highest BCUT2D eigenvalue weighted by Crippen LogP contribution is 2.68. The number of nitrogens with one attached hydrogen (secondary N) is 1. The van der Waals surface area contributed by atoms with Gasteiger partial charge in [0.25, 0.3) is 0 Å². The predicted octanol–water partition coefficient (Wildman–Crippen LogP) is 3.91. The Balaban J connectivity index is 1.81. The minimum atomic E-state index is 0.398. The third kappa shape index (κ3) is 1.76. The summed E-state index contributed by atoms with van der Waals surface area (Å²) in [4.78, 5) is 4.13. The summed E-state index contributed by atoms with van der Waals surface area (Å²) in [6, 6.07) is 6.10. The number of anilines is 2. The van der Waals surface area contributed by atoms with E-state index >= 15 is 0 Å². The summed E-state index contributed by atoms with van der Waals surface area (Å²) in [5, 5.41) is 5.69. The third-order valence-corrected chi connectivity index (χ3v) is 5.68. The molecule has 1 aromatic carbocycles. The number of hydrogen-bond donors (Lipinski definition) is 2. The highest BCUT2D eigenvalue weighted by molar-refractivity contribution is 5.98. The third-order valence-electron chi connectivity index (χ3n) is 5.68. The number of nitrogen functional groups attached to an aromatic ring is 1. The van der Waals surface area contributed by atoms with E-state index in [9.17, 15) is 0 Å². The largest absolute Gasteiger partial charge is 0.397 e. The summed E-state index contributed by atoms with van der Waals surface area (Å²) in [7, 11) is 0. The van der Waals surface area contributed by atoms with Gasteiger partial charge in [-0.3, -0.25) is 4.98 Å². The van der Waals surface area contributed by atoms with E-state index in [1.165, 1.54) is 0 Å². The molecule has 0 amide bonds. The molecule has 20 heavy (non-hydrogen) atoms. The molecular formula is C17H23N3. The SMILES string of the molecule is CC1(C)C(CNc2ccc3cnccc3c2N)C1(C)C. The lowest BCUT2D eigenvalue weighted by molar-refractivity contribution is 0.457. The van der Waals surface area contributed by atoms with Crippen LogP contribution in [0.25, 0.3) is 10.8 Å². The first kappa shape index (κ1) is 13.2. The van der Waals surface area contributed by atoms with Gasteiger partial charge in [0.05, 0.1) is 11.4 Å². The Morgan fingerprint density at radius 3 is 2.50 bits per heavy atom. The Labute approximate surface area is 120 Å². The fourth-order valence-electron chi connectivity index (χ4n) is 3.40. The van der Waals surface area contributed by atoms with Crippen LogP contribution in [0.15, 0.2) is 30.6 Å². The van der Waals surface area contributed by atoms with E-state index in [1.807, 2.05) is 12.3 Å². The minimum Gasteiger partial charge on any atom is -0.397 e. The summed E-state index contributed by atoms with van der Waals surface area (Å²) in [6.07, 6.45) is 3.64. The van der Waals surface area contributed by atoms with Gasteiger partial charge in [0.1, 0.15) is 0 Å². The Morgan fingerprint density at radius 2 is 1.85 bits per heavy atom. The van der Waals surface area contributed by atoms with Crippen LogP contribution in [0.3, 0.4) is 0 Å². The molecular weight excluding hydrogens is 246 g/mol. The number of hydrogen-bond acceptors (Lipinski definition) is 3. The van der Waals surface area contributed by atoms with Crippen LogP contribution in [0.5, 0.6) is 0 Å². The summed E-state index contributed by atoms with van der Waals surface area (Å²) in [6.45, 7) is 10.3. The number of aromatic nitrogens is 1. The average molecular weight is 269 g/mol. The van der Waals surface area contributed by atoms with Gasteiger partial charge in [0.2, 0.25) is 0 Å². The van der Waals surface area contributed by atoms with Crippen molar-refractivity contribution in [3.63, 3.8) is 0 Å². The smallest absolute Gasteiger partial charge is 0.0630 e. The Bertz CT molecular complexity index is 644. The van der Waals surface area contributed by atoms with Gasteiger partial charge in [-0.2, -0.15) is 0 Å². The lowest BCUT2D eigenvalue weighted by Crippen LogP contribution is -2.09. The van der Waals surface area contributed by atoms with Crippen LogP contribution in [0.4, 0.5) is 11.4 Å². The molecule has 3 heteroatoms. The number of pyridine rings is 1. The van der Waals surface area contributed by atoms with Gasteiger partial charge < -0.3 is 11.1 Å². The molecule has 1 aliphatic rings. The van der Waals surface area contributed by atoms with Gasteiger partial charge in [0, 0.05) is 29.7 Å². The second kappa shape index (κ2) is 4.11. The standard InChI is InChI=1S/C17H23N3/c1-16(2)14(17(16,3)4)10-20-13-6-5-11-9-19-8-7-12(11)15(13)18/h5-9,14,20H,10,18H2,1-4H3. The van der Waals surface area contributed by atoms with Crippen molar-refractivity contribution in [2.75, 3.05) is 17.6 Å². The molecule has 0 aliphatic heterocycles. The van der Waals surface area contributed by atoms with E-state index in [2.05, 4.69) is 50.1 Å². The molecule has 0 atom stereocenters. The Hall–Kier alpha value is -1.77. The molecule has 1 saturated carbocycles. The fourth-order valence-corrected chi connectivity index (χ4v) is 3.40. The lowest BCUT2D eigenvalue weighted by Gasteiger charge is -2.12. The molecule has 3 rings (SSSR count). The Morgan fingerprint density at radius 1 is 1.15 bits per heavy atom. The molecule has 2 aromatic rings. The monoisotopic (exact) mass is 269 g/mol. The number of rotatable bonds is 3. The molecule has 106 valence electrons. The number of nitrogens with zero attached hydrogens (tertiary/aromatic N) is 1. The molecule has 0 spiro atoms. The van der Waals surface area contributed by atoms with Crippen molar-refractivity contribution in [2.24, 2.45) is 16.7 Å². The highest BCUT2D eigenvalue weighted by atomic mass is 14.9. The molecule has 1 aromatic heterocycles. The Kier molecular flexibility index (Phi) is 2.72. The zero-order valence-corrected chi connectivity index (χ0v) is 12.7. The minimum absolute atomic E-state index is 0.398. The summed E-state index contributed by atoms with van der Waals surface area (Å²) in [5.41, 5.74) is 8.92. The summed E-state index contributed by atoms with van der Waals surface area (Å²) < 4.78 is 0. The lowest BCUT2D eigenvalue weighted by atomic mass is 10.0. The van der Waals surface area contributed by atoms with Crippen molar-refractivity contribution in [2.45, 2.75) is 27.7 Å². The van der Waals surface area contributed by atoms with Crippen molar-refractivity contribution in [1.82, 2.24) is 4.98 Å². The molecule has 1 fully saturated rings. The van der Waals surface area contributed by atoms with Crippen LogP contribution in [0.1, 0.15) is 27.7 Å². The maximum atomic E-state index is 6.27. The topological polar surface area (TPSA) is 50.9 Å². The van der Waals surface area contributed by atoms with Gasteiger partial charge in [-0.05, 0) is 28.9 Å². The van der Waals surface area contributed by atoms with Gasteiger partial charge in [-0.25, -0.2) is 0 Å². The zero-order valence-electron chi connectivity index (χ0n) is 12.7. The van der Waals surface area contributed by atoms with Crippen LogP contribution in [-0.2, 0) is 0 Å². The molecule has 0 bridgehead atoms. The number of benzene rings is 1. The van der Waals surface area contributed by atoms with Crippen molar-refractivity contribution < 1.29 is 0 Å². The molecule has 0 radical (unpaired) electrons. The van der Waals surface area contributed by atoms with Crippen LogP contribution in [-0.4, -0.2) is 11.5 Å². The van der Waals surface area contributed by atoms with Gasteiger partial charge in [-0.15, -0.1) is 0 Å². The maximum Gasteiger partial charge on any atom is 0.0630 e. The van der Waals surface area contributed by atoms with Crippen LogP contribution < -0.4 is 11.1 Å². The van der Waals surface area contributed by atoms with E-state index in [4.69, 9.17) is 5.73 Å². The van der Waals surface area contributed by atoms with E-state index in [0.717, 1.165) is 28.7 Å². The molecule has 0 saturated heterocycles. The quantitative estimate of drug-likeness (QED) is 0.831. The molecule has 3 N–H and O–H groups in total. The molecule has 1 heterocycles. The first-order valence-corrected chi connectivity index (χ1v) is 7.22. The van der Waals surface area contributed by atoms with Crippen molar-refractivity contribution >= 4 is 22.1 Å². The van der Waals surface area contributed by atoms with Crippen LogP contribution in [0, 0.1) is 16.7 Å². The first-order chi connectivity index (χ1) is 9.35. The number of nitrogens with two attached hydrogens (primary N) is 1. The van der Waals surface area contributed by atoms with Crippen molar-refractivity contribution in [1.29, 1.82) is 0 Å². The maximum absolute atomic E-state index is 6.27. The second-order valence-corrected chi connectivity index (χ2v) is 7.00. The van der Waals surface area contributed by atoms with Crippen LogP contribution >= 0.6 is 0 Å². The van der Waals surface area contributed by atoms with Gasteiger partial charge in [-0.1, -0.05) is 33.8 Å². The van der Waals surface area contributed by atoms with Crippen LogP contribution in [0.2, 0.25) is 0 Å². The highest BCUT2D eigenvalue weighted by Gasteiger charge is 2.64. The van der Waals surface area contributed by atoms with E-state index in [1.54, 1.807) is 6.20 Å². The normalized spacial score (nSPS) is 20.0. The molecule has 3 nitrogen and oxygen atoms in total. The average Bonchev–Trinajstić information content (AvgIpc) is 2.80. The van der Waals surface area contributed by atoms with Crippen molar-refractivity contribution in [3.05, 3.63) is 30.6 Å². The number of fused-ring (bicyclic) bond motifs is 1. The summed E-state index contributed by atoms with van der Waals surface area (Å²) >= 11 is 0. The molecule has 0 unspecified atom stereocenters. The predicted molar refractivity (Wildman–Crippen MR) is 85.7 cm³/mol. The fraction of sp³-hybridized carbons (Fsp3) is 0.471. The van der Waals surface area contributed by atoms with E-state index < -0.39 is 0 Å². The first-order valence-electron chi connectivity index (χ1n) is 7.22. The van der Waals surface area contributed by atoms with Crippen molar-refractivity contribution in [3.8, 4) is 0 Å². The van der Waals surface area contributed by atoms with Gasteiger partial charge in [0.15, 0.2) is 0 Å². The second-order valence-electron chi connectivity index (χ2n) is 7.00. The van der Waals surface area contributed by atoms with Gasteiger partial charge >= 0.3 is 0 Å². The molecule has 1 aliphatic carbocycles. The summed E-state index contributed by atoms with van der Waals surface area (Å²) in [5.74, 6) is 0.683. The van der Waals surface area contributed by atoms with E-state index in [-0.39, 0.29) is 0 Å². The zero-order chi connectivity index (χ0) is 14.5.